The number of hydrazone groups is 1. The molecule has 18 heavy (non-hydrogen) atoms. The molecule has 7 heteroatoms. The minimum Gasteiger partial charge on any atom is -0.507 e. The lowest BCUT2D eigenvalue weighted by atomic mass is 10.2. The lowest BCUT2D eigenvalue weighted by molar-refractivity contribution is 0.0597. The Labute approximate surface area is 103 Å². The first-order chi connectivity index (χ1) is 8.62. The fraction of sp³-hybridized carbons (Fsp3) is 0.0909. The summed E-state index contributed by atoms with van der Waals surface area (Å²) in [7, 11) is 1.20. The fourth-order valence-corrected chi connectivity index (χ4v) is 1.08. The Bertz CT molecular complexity index is 565. The highest BCUT2D eigenvalue weighted by atomic mass is 16.5. The molecule has 0 saturated heterocycles. The van der Waals surface area contributed by atoms with Crippen molar-refractivity contribution in [2.24, 2.45) is 5.10 Å². The number of hydrogen-bond donors (Lipinski definition) is 2. The Hall–Kier alpha value is -3.06. The molecule has 0 bridgehead atoms. The topological polar surface area (TPSA) is 118 Å². The zero-order valence-corrected chi connectivity index (χ0v) is 9.34. The molecule has 0 heterocycles. The molecule has 1 aromatic rings. The summed E-state index contributed by atoms with van der Waals surface area (Å²) in [4.78, 5) is 11.2. The maximum absolute atomic E-state index is 11.2. The van der Waals surface area contributed by atoms with E-state index in [9.17, 15) is 9.90 Å². The molecule has 0 spiro atoms. The number of nitrogens with zero attached hydrogens (tertiary/aromatic N) is 3. The molecule has 0 unspecified atom stereocenters. The predicted molar refractivity (Wildman–Crippen MR) is 61.7 cm³/mol. The average molecular weight is 244 g/mol. The lowest BCUT2D eigenvalue weighted by Gasteiger charge is -2.05. The number of aromatic hydroxyl groups is 1. The van der Waals surface area contributed by atoms with E-state index in [4.69, 9.17) is 10.5 Å². The monoisotopic (exact) mass is 244 g/mol. The summed E-state index contributed by atoms with van der Waals surface area (Å²) in [5.74, 6) is -0.963. The molecule has 90 valence electrons. The van der Waals surface area contributed by atoms with Gasteiger partial charge in [-0.3, -0.25) is 5.43 Å². The summed E-state index contributed by atoms with van der Waals surface area (Å²) >= 11 is 0. The normalized spacial score (nSPS) is 8.61. The van der Waals surface area contributed by atoms with Crippen molar-refractivity contribution < 1.29 is 14.6 Å². The Morgan fingerprint density at radius 1 is 1.44 bits per heavy atom. The minimum atomic E-state index is -0.669. The van der Waals surface area contributed by atoms with Crippen molar-refractivity contribution in [3.8, 4) is 17.9 Å². The Balaban J connectivity index is 2.93. The molecule has 0 radical (unpaired) electrons. The number of phenolic OH excluding ortho intramolecular Hbond substituents is 1. The summed E-state index contributed by atoms with van der Waals surface area (Å²) in [6, 6.07) is 7.13. The van der Waals surface area contributed by atoms with Crippen LogP contribution in [0.15, 0.2) is 23.3 Å². The summed E-state index contributed by atoms with van der Waals surface area (Å²) in [5, 5.41) is 29.9. The van der Waals surface area contributed by atoms with Crippen LogP contribution < -0.4 is 5.43 Å². The van der Waals surface area contributed by atoms with Gasteiger partial charge >= 0.3 is 5.97 Å². The average Bonchev–Trinajstić information content (AvgIpc) is 2.39. The number of benzene rings is 1. The van der Waals surface area contributed by atoms with E-state index in [2.05, 4.69) is 15.3 Å². The lowest BCUT2D eigenvalue weighted by Crippen LogP contribution is -2.02. The molecule has 0 amide bonds. The van der Waals surface area contributed by atoms with E-state index in [1.165, 1.54) is 25.3 Å². The number of esters is 1. The Morgan fingerprint density at radius 3 is 2.61 bits per heavy atom. The number of methoxy groups -OCH3 is 1. The van der Waals surface area contributed by atoms with Crippen molar-refractivity contribution >= 4 is 17.4 Å². The third-order valence-electron chi connectivity index (χ3n) is 1.91. The van der Waals surface area contributed by atoms with Gasteiger partial charge in [0.1, 0.15) is 23.5 Å². The molecule has 1 aromatic carbocycles. The van der Waals surface area contributed by atoms with Gasteiger partial charge in [-0.15, -0.1) is 0 Å². The number of rotatable bonds is 3. The number of ether oxygens (including phenoxy) is 1. The number of phenols is 1. The van der Waals surface area contributed by atoms with Gasteiger partial charge in [-0.1, -0.05) is 0 Å². The molecular formula is C11H8N4O3. The Kier molecular flexibility index (Phi) is 4.24. The summed E-state index contributed by atoms with van der Waals surface area (Å²) < 4.78 is 4.46. The van der Waals surface area contributed by atoms with Gasteiger partial charge in [-0.25, -0.2) is 4.79 Å². The number of anilines is 1. The first kappa shape index (κ1) is 13.0. The van der Waals surface area contributed by atoms with Crippen molar-refractivity contribution in [3.05, 3.63) is 23.8 Å². The van der Waals surface area contributed by atoms with Crippen LogP contribution in [0.4, 0.5) is 5.69 Å². The maximum atomic E-state index is 11.2. The van der Waals surface area contributed by atoms with E-state index in [1.807, 2.05) is 0 Å². The van der Waals surface area contributed by atoms with Crippen LogP contribution in [0.5, 0.6) is 5.75 Å². The number of hydrogen-bond acceptors (Lipinski definition) is 7. The number of nitrogens with one attached hydrogen (secondary N) is 1. The van der Waals surface area contributed by atoms with Crippen LogP contribution in [0.25, 0.3) is 0 Å². The second kappa shape index (κ2) is 5.87. The van der Waals surface area contributed by atoms with Gasteiger partial charge < -0.3 is 9.84 Å². The zero-order valence-electron chi connectivity index (χ0n) is 9.34. The molecule has 0 saturated carbocycles. The van der Waals surface area contributed by atoms with E-state index < -0.39 is 5.97 Å². The van der Waals surface area contributed by atoms with Crippen LogP contribution in [-0.2, 0) is 4.74 Å². The van der Waals surface area contributed by atoms with E-state index in [-0.39, 0.29) is 17.0 Å². The maximum Gasteiger partial charge on any atom is 0.341 e. The highest BCUT2D eigenvalue weighted by Gasteiger charge is 2.11. The highest BCUT2D eigenvalue weighted by molar-refractivity contribution is 6.10. The van der Waals surface area contributed by atoms with E-state index in [0.29, 0.717) is 5.69 Å². The fourth-order valence-electron chi connectivity index (χ4n) is 1.08. The second-order valence-corrected chi connectivity index (χ2v) is 3.02. The summed E-state index contributed by atoms with van der Waals surface area (Å²) in [5.41, 5.74) is 2.38. The highest BCUT2D eigenvalue weighted by Crippen LogP contribution is 2.22. The van der Waals surface area contributed by atoms with Gasteiger partial charge in [0.2, 0.25) is 5.71 Å². The standard InChI is InChI=1S/C11H8N4O3/c1-18-11(17)9-3-2-7(4-10(9)16)14-15-8(5-12)6-13/h2-4,14,16H,1H3. The van der Waals surface area contributed by atoms with E-state index in [1.54, 1.807) is 12.1 Å². The third kappa shape index (κ3) is 2.97. The second-order valence-electron chi connectivity index (χ2n) is 3.02. The predicted octanol–water partition coefficient (Wildman–Crippen LogP) is 0.994. The molecule has 7 nitrogen and oxygen atoms in total. The molecule has 0 aliphatic rings. The van der Waals surface area contributed by atoms with Gasteiger partial charge in [0.15, 0.2) is 0 Å². The van der Waals surface area contributed by atoms with Gasteiger partial charge in [0.25, 0.3) is 0 Å². The van der Waals surface area contributed by atoms with Gasteiger partial charge in [0.05, 0.1) is 12.8 Å². The van der Waals surface area contributed by atoms with Crippen LogP contribution in [-0.4, -0.2) is 23.9 Å². The van der Waals surface area contributed by atoms with Crippen LogP contribution >= 0.6 is 0 Å². The largest absolute Gasteiger partial charge is 0.507 e. The van der Waals surface area contributed by atoms with Crippen molar-refractivity contribution in [3.63, 3.8) is 0 Å². The zero-order chi connectivity index (χ0) is 13.5. The van der Waals surface area contributed by atoms with Crippen molar-refractivity contribution in [2.45, 2.75) is 0 Å². The molecule has 0 aromatic heterocycles. The number of carbonyl (C=O) groups is 1. The summed E-state index contributed by atoms with van der Waals surface area (Å²) in [6.07, 6.45) is 0. The van der Waals surface area contributed by atoms with Crippen LogP contribution in [0, 0.1) is 22.7 Å². The van der Waals surface area contributed by atoms with Crippen LogP contribution in [0.1, 0.15) is 10.4 Å². The minimum absolute atomic E-state index is 0.00724. The van der Waals surface area contributed by atoms with E-state index in [0.717, 1.165) is 0 Å². The SMILES string of the molecule is COC(=O)c1ccc(NN=C(C#N)C#N)cc1O. The molecule has 2 N–H and O–H groups in total. The first-order valence-corrected chi connectivity index (χ1v) is 4.67. The van der Waals surface area contributed by atoms with Crippen molar-refractivity contribution in [1.82, 2.24) is 0 Å². The molecule has 0 atom stereocenters. The quantitative estimate of drug-likeness (QED) is 0.465. The van der Waals surface area contributed by atoms with Crippen LogP contribution in [0.3, 0.4) is 0 Å². The van der Waals surface area contributed by atoms with Gasteiger partial charge in [-0.2, -0.15) is 15.6 Å². The van der Waals surface area contributed by atoms with Crippen LogP contribution in [0.2, 0.25) is 0 Å². The molecular weight excluding hydrogens is 236 g/mol. The Morgan fingerprint density at radius 2 is 2.11 bits per heavy atom. The molecule has 1 rings (SSSR count). The molecule has 0 aliphatic heterocycles. The third-order valence-corrected chi connectivity index (χ3v) is 1.91. The summed E-state index contributed by atoms with van der Waals surface area (Å²) in [6.45, 7) is 0. The smallest absolute Gasteiger partial charge is 0.341 e. The van der Waals surface area contributed by atoms with Gasteiger partial charge in [-0.05, 0) is 12.1 Å². The van der Waals surface area contributed by atoms with Crippen molar-refractivity contribution in [1.29, 1.82) is 10.5 Å². The van der Waals surface area contributed by atoms with Gasteiger partial charge in [0, 0.05) is 6.07 Å². The molecule has 0 aliphatic carbocycles. The van der Waals surface area contributed by atoms with E-state index >= 15 is 0 Å². The first-order valence-electron chi connectivity index (χ1n) is 4.67. The molecule has 0 fully saturated rings. The van der Waals surface area contributed by atoms with Crippen molar-refractivity contribution in [2.75, 3.05) is 12.5 Å². The number of nitriles is 2. The number of carbonyl (C=O) groups excluding carboxylic acids is 1.